The molecule has 0 saturated carbocycles. The molecular weight excluding hydrogens is 140 g/mol. The van der Waals surface area contributed by atoms with Crippen LogP contribution in [-0.2, 0) is 6.42 Å². The largest absolute Gasteiger partial charge is 0.508 e. The van der Waals surface area contributed by atoms with Crippen molar-refractivity contribution in [2.75, 3.05) is 6.61 Å². The molecule has 0 aliphatic carbocycles. The Morgan fingerprint density at radius 3 is 3.09 bits per heavy atom. The molecule has 1 aliphatic rings. The Labute approximate surface area is 65.4 Å². The second-order valence-electron chi connectivity index (χ2n) is 2.86. The van der Waals surface area contributed by atoms with Crippen LogP contribution in [0.25, 0.3) is 0 Å². The third kappa shape index (κ3) is 0.946. The van der Waals surface area contributed by atoms with Gasteiger partial charge in [-0.3, -0.25) is 0 Å². The van der Waals surface area contributed by atoms with Crippen LogP contribution in [0.3, 0.4) is 0 Å². The SMILES string of the molecule is Cc1cc(O)c2c(c1)OCC2. The quantitative estimate of drug-likeness (QED) is 0.609. The summed E-state index contributed by atoms with van der Waals surface area (Å²) in [6.07, 6.45) is 0.835. The first-order valence-corrected chi connectivity index (χ1v) is 3.72. The molecule has 58 valence electrons. The summed E-state index contributed by atoms with van der Waals surface area (Å²) < 4.78 is 5.30. The number of rotatable bonds is 0. The van der Waals surface area contributed by atoms with E-state index in [1.165, 1.54) is 0 Å². The van der Waals surface area contributed by atoms with Crippen LogP contribution in [0.2, 0.25) is 0 Å². The molecule has 1 N–H and O–H groups in total. The lowest BCUT2D eigenvalue weighted by molar-refractivity contribution is 0.356. The van der Waals surface area contributed by atoms with Crippen LogP contribution < -0.4 is 4.74 Å². The number of aryl methyl sites for hydroxylation is 1. The maximum Gasteiger partial charge on any atom is 0.126 e. The van der Waals surface area contributed by atoms with E-state index in [9.17, 15) is 5.11 Å². The maximum atomic E-state index is 9.43. The molecule has 1 aromatic rings. The zero-order valence-corrected chi connectivity index (χ0v) is 6.42. The van der Waals surface area contributed by atoms with Gasteiger partial charge in [-0.2, -0.15) is 0 Å². The Kier molecular flexibility index (Phi) is 1.28. The highest BCUT2D eigenvalue weighted by Gasteiger charge is 2.15. The summed E-state index contributed by atoms with van der Waals surface area (Å²) in [6, 6.07) is 3.73. The summed E-state index contributed by atoms with van der Waals surface area (Å²) in [5.41, 5.74) is 2.00. The third-order valence-electron chi connectivity index (χ3n) is 1.94. The van der Waals surface area contributed by atoms with Crippen LogP contribution >= 0.6 is 0 Å². The van der Waals surface area contributed by atoms with E-state index in [0.29, 0.717) is 12.4 Å². The van der Waals surface area contributed by atoms with Crippen molar-refractivity contribution in [3.63, 3.8) is 0 Å². The Morgan fingerprint density at radius 1 is 1.45 bits per heavy atom. The Bertz CT molecular complexity index is 292. The molecule has 1 aliphatic heterocycles. The Balaban J connectivity index is 2.60. The van der Waals surface area contributed by atoms with Crippen LogP contribution in [-0.4, -0.2) is 11.7 Å². The van der Waals surface area contributed by atoms with E-state index in [-0.39, 0.29) is 0 Å². The smallest absolute Gasteiger partial charge is 0.126 e. The van der Waals surface area contributed by atoms with Crippen LogP contribution in [0.1, 0.15) is 11.1 Å². The van der Waals surface area contributed by atoms with Crippen molar-refractivity contribution in [3.8, 4) is 11.5 Å². The number of hydrogen-bond acceptors (Lipinski definition) is 2. The first-order chi connectivity index (χ1) is 5.27. The van der Waals surface area contributed by atoms with E-state index >= 15 is 0 Å². The normalized spacial score (nSPS) is 14.3. The van der Waals surface area contributed by atoms with Crippen molar-refractivity contribution in [3.05, 3.63) is 23.3 Å². The highest BCUT2D eigenvalue weighted by molar-refractivity contribution is 5.48. The van der Waals surface area contributed by atoms with E-state index in [1.807, 2.05) is 13.0 Å². The molecule has 1 aromatic carbocycles. The number of hydrogen-bond donors (Lipinski definition) is 1. The fourth-order valence-corrected chi connectivity index (χ4v) is 1.41. The first kappa shape index (κ1) is 6.53. The number of ether oxygens (including phenoxy) is 1. The molecule has 0 aromatic heterocycles. The average molecular weight is 150 g/mol. The standard InChI is InChI=1S/C9H10O2/c1-6-4-8(10)7-2-3-11-9(7)5-6/h4-5,10H,2-3H2,1H3. The molecule has 0 unspecified atom stereocenters. The van der Waals surface area contributed by atoms with Gasteiger partial charge in [0.25, 0.3) is 0 Å². The summed E-state index contributed by atoms with van der Waals surface area (Å²) >= 11 is 0. The van der Waals surface area contributed by atoms with Gasteiger partial charge >= 0.3 is 0 Å². The summed E-state index contributed by atoms with van der Waals surface area (Å²) in [6.45, 7) is 2.65. The Hall–Kier alpha value is -1.18. The fraction of sp³-hybridized carbons (Fsp3) is 0.333. The molecule has 0 atom stereocenters. The molecule has 1 heterocycles. The first-order valence-electron chi connectivity index (χ1n) is 3.72. The van der Waals surface area contributed by atoms with Gasteiger partial charge in [0.2, 0.25) is 0 Å². The number of fused-ring (bicyclic) bond motifs is 1. The van der Waals surface area contributed by atoms with Crippen molar-refractivity contribution < 1.29 is 9.84 Å². The predicted octanol–water partition coefficient (Wildman–Crippen LogP) is 1.64. The number of phenols is 1. The van der Waals surface area contributed by atoms with Gasteiger partial charge in [0.05, 0.1) is 6.61 Å². The van der Waals surface area contributed by atoms with E-state index in [1.54, 1.807) is 6.07 Å². The monoisotopic (exact) mass is 150 g/mol. The Morgan fingerprint density at radius 2 is 2.27 bits per heavy atom. The van der Waals surface area contributed by atoms with Crippen LogP contribution in [0.5, 0.6) is 11.5 Å². The molecule has 0 amide bonds. The summed E-state index contributed by atoms with van der Waals surface area (Å²) in [5, 5.41) is 9.43. The van der Waals surface area contributed by atoms with Crippen molar-refractivity contribution >= 4 is 0 Å². The van der Waals surface area contributed by atoms with Gasteiger partial charge in [-0.05, 0) is 24.6 Å². The molecule has 2 heteroatoms. The molecule has 2 rings (SSSR count). The van der Waals surface area contributed by atoms with Crippen molar-refractivity contribution in [2.24, 2.45) is 0 Å². The molecule has 0 radical (unpaired) electrons. The summed E-state index contributed by atoms with van der Waals surface area (Å²) in [7, 11) is 0. The van der Waals surface area contributed by atoms with Gasteiger partial charge in [0.15, 0.2) is 0 Å². The van der Waals surface area contributed by atoms with Gasteiger partial charge < -0.3 is 9.84 Å². The molecule has 2 nitrogen and oxygen atoms in total. The van der Waals surface area contributed by atoms with Crippen molar-refractivity contribution in [1.82, 2.24) is 0 Å². The minimum Gasteiger partial charge on any atom is -0.508 e. The van der Waals surface area contributed by atoms with Gasteiger partial charge in [0.1, 0.15) is 11.5 Å². The molecule has 0 saturated heterocycles. The van der Waals surface area contributed by atoms with Crippen LogP contribution in [0.4, 0.5) is 0 Å². The average Bonchev–Trinajstić information content (AvgIpc) is 2.34. The highest BCUT2D eigenvalue weighted by Crippen LogP contribution is 2.33. The number of benzene rings is 1. The third-order valence-corrected chi connectivity index (χ3v) is 1.94. The van der Waals surface area contributed by atoms with Gasteiger partial charge in [-0.1, -0.05) is 0 Å². The molecule has 11 heavy (non-hydrogen) atoms. The molecular formula is C9H10O2. The number of aromatic hydroxyl groups is 1. The lowest BCUT2D eigenvalue weighted by Gasteiger charge is -2.01. The fourth-order valence-electron chi connectivity index (χ4n) is 1.41. The predicted molar refractivity (Wildman–Crippen MR) is 42.0 cm³/mol. The van der Waals surface area contributed by atoms with Gasteiger partial charge in [-0.25, -0.2) is 0 Å². The summed E-state index contributed by atoms with van der Waals surface area (Å²) in [5.74, 6) is 1.22. The topological polar surface area (TPSA) is 29.5 Å². The molecule has 0 fully saturated rings. The summed E-state index contributed by atoms with van der Waals surface area (Å²) in [4.78, 5) is 0. The van der Waals surface area contributed by atoms with E-state index in [4.69, 9.17) is 4.74 Å². The zero-order valence-electron chi connectivity index (χ0n) is 6.42. The number of phenolic OH excluding ortho intramolecular Hbond substituents is 1. The lowest BCUT2D eigenvalue weighted by Crippen LogP contribution is -1.86. The molecule has 0 bridgehead atoms. The van der Waals surface area contributed by atoms with Gasteiger partial charge in [0, 0.05) is 12.0 Å². The van der Waals surface area contributed by atoms with Gasteiger partial charge in [-0.15, -0.1) is 0 Å². The molecule has 0 spiro atoms. The maximum absolute atomic E-state index is 9.43. The zero-order chi connectivity index (χ0) is 7.84. The highest BCUT2D eigenvalue weighted by atomic mass is 16.5. The lowest BCUT2D eigenvalue weighted by atomic mass is 10.1. The van der Waals surface area contributed by atoms with Crippen molar-refractivity contribution in [2.45, 2.75) is 13.3 Å². The minimum atomic E-state index is 0.373. The van der Waals surface area contributed by atoms with Crippen LogP contribution in [0.15, 0.2) is 12.1 Å². The van der Waals surface area contributed by atoms with E-state index in [2.05, 4.69) is 0 Å². The second-order valence-corrected chi connectivity index (χ2v) is 2.86. The van der Waals surface area contributed by atoms with Crippen LogP contribution in [0, 0.1) is 6.92 Å². The van der Waals surface area contributed by atoms with E-state index in [0.717, 1.165) is 23.3 Å². The van der Waals surface area contributed by atoms with Crippen molar-refractivity contribution in [1.29, 1.82) is 0 Å². The minimum absolute atomic E-state index is 0.373. The van der Waals surface area contributed by atoms with E-state index < -0.39 is 0 Å². The second kappa shape index (κ2) is 2.16.